The maximum atomic E-state index is 10.5. The summed E-state index contributed by atoms with van der Waals surface area (Å²) in [6.45, 7) is 20.1. The Labute approximate surface area is 125 Å². The molecule has 0 heterocycles. The molecule has 1 aromatic carbocycles. The zero-order valence-corrected chi connectivity index (χ0v) is 14.8. The van der Waals surface area contributed by atoms with E-state index < -0.39 is 0 Å². The summed E-state index contributed by atoms with van der Waals surface area (Å²) in [5.74, 6) is 0.440. The summed E-state index contributed by atoms with van der Waals surface area (Å²) >= 11 is 0. The lowest BCUT2D eigenvalue weighted by atomic mass is 9.67. The third kappa shape index (κ3) is 3.77. The van der Waals surface area contributed by atoms with E-state index >= 15 is 0 Å². The van der Waals surface area contributed by atoms with Gasteiger partial charge in [-0.3, -0.25) is 0 Å². The number of hydrogen-bond acceptors (Lipinski definition) is 1. The van der Waals surface area contributed by atoms with Gasteiger partial charge in [-0.15, -0.1) is 0 Å². The van der Waals surface area contributed by atoms with Crippen LogP contribution in [0, 0.1) is 12.3 Å². The van der Waals surface area contributed by atoms with Crippen LogP contribution in [-0.2, 0) is 10.8 Å². The normalized spacial score (nSPS) is 13.7. The van der Waals surface area contributed by atoms with Gasteiger partial charge in [0, 0.05) is 5.56 Å². The van der Waals surface area contributed by atoms with E-state index in [1.165, 1.54) is 11.1 Å². The molecule has 0 amide bonds. The van der Waals surface area contributed by atoms with Crippen molar-refractivity contribution in [2.24, 2.45) is 5.41 Å². The van der Waals surface area contributed by atoms with Gasteiger partial charge in [-0.1, -0.05) is 61.5 Å². The van der Waals surface area contributed by atoms with Crippen LogP contribution in [0.25, 0.3) is 0 Å². The topological polar surface area (TPSA) is 20.2 Å². The Balaban J connectivity index is 3.55. The molecule has 0 spiro atoms. The molecule has 0 aliphatic heterocycles. The first-order valence-electron chi connectivity index (χ1n) is 7.59. The fourth-order valence-corrected chi connectivity index (χ4v) is 3.76. The first-order valence-corrected chi connectivity index (χ1v) is 7.59. The van der Waals surface area contributed by atoms with Gasteiger partial charge in [0.15, 0.2) is 0 Å². The smallest absolute Gasteiger partial charge is 0.119 e. The zero-order chi connectivity index (χ0) is 15.9. The Morgan fingerprint density at radius 1 is 0.850 bits per heavy atom. The van der Waals surface area contributed by atoms with E-state index in [0.717, 1.165) is 12.0 Å². The molecule has 0 saturated carbocycles. The average molecular weight is 276 g/mol. The quantitative estimate of drug-likeness (QED) is 0.733. The van der Waals surface area contributed by atoms with Crippen LogP contribution in [0.1, 0.15) is 78.5 Å². The predicted octanol–water partition coefficient (Wildman–Crippen LogP) is 5.71. The van der Waals surface area contributed by atoms with Crippen molar-refractivity contribution in [1.82, 2.24) is 0 Å². The molecule has 20 heavy (non-hydrogen) atoms. The van der Waals surface area contributed by atoms with Crippen LogP contribution in [0.5, 0.6) is 5.75 Å². The predicted molar refractivity (Wildman–Crippen MR) is 88.6 cm³/mol. The van der Waals surface area contributed by atoms with Crippen LogP contribution in [0.2, 0.25) is 0 Å². The molecule has 1 nitrogen and oxygen atoms in total. The van der Waals surface area contributed by atoms with Crippen LogP contribution >= 0.6 is 0 Å². The zero-order valence-electron chi connectivity index (χ0n) is 14.8. The summed E-state index contributed by atoms with van der Waals surface area (Å²) in [7, 11) is 0. The number of aromatic hydroxyl groups is 1. The molecule has 0 saturated heterocycles. The fraction of sp³-hybridized carbons (Fsp3) is 0.684. The van der Waals surface area contributed by atoms with Crippen molar-refractivity contribution in [1.29, 1.82) is 0 Å². The summed E-state index contributed by atoms with van der Waals surface area (Å²) < 4.78 is 0. The maximum Gasteiger partial charge on any atom is 0.119 e. The summed E-state index contributed by atoms with van der Waals surface area (Å²) in [5, 5.41) is 10.5. The van der Waals surface area contributed by atoms with E-state index in [1.807, 2.05) is 12.1 Å². The van der Waals surface area contributed by atoms with Gasteiger partial charge in [-0.25, -0.2) is 0 Å². The largest absolute Gasteiger partial charge is 0.508 e. The Morgan fingerprint density at radius 3 is 1.75 bits per heavy atom. The van der Waals surface area contributed by atoms with Gasteiger partial charge in [-0.2, -0.15) is 0 Å². The molecule has 0 aromatic heterocycles. The highest BCUT2D eigenvalue weighted by molar-refractivity contribution is 5.51. The van der Waals surface area contributed by atoms with Gasteiger partial charge in [0.05, 0.1) is 0 Å². The van der Waals surface area contributed by atoms with Gasteiger partial charge >= 0.3 is 0 Å². The maximum absolute atomic E-state index is 10.5. The molecule has 0 aliphatic carbocycles. The van der Waals surface area contributed by atoms with E-state index in [-0.39, 0.29) is 16.2 Å². The molecule has 114 valence electrons. The molecule has 1 N–H and O–H groups in total. The first-order chi connectivity index (χ1) is 8.76. The minimum Gasteiger partial charge on any atom is -0.508 e. The third-order valence-electron chi connectivity index (χ3n) is 3.79. The Hall–Kier alpha value is -0.980. The minimum atomic E-state index is -0.0447. The number of aryl methyl sites for hydroxylation is 1. The van der Waals surface area contributed by atoms with Crippen molar-refractivity contribution < 1.29 is 5.11 Å². The highest BCUT2D eigenvalue weighted by Crippen LogP contribution is 2.45. The molecule has 0 bridgehead atoms. The Kier molecular flexibility index (Phi) is 4.35. The van der Waals surface area contributed by atoms with E-state index in [2.05, 4.69) is 62.3 Å². The van der Waals surface area contributed by atoms with Crippen molar-refractivity contribution in [3.05, 3.63) is 28.8 Å². The molecular formula is C19H32O. The highest BCUT2D eigenvalue weighted by atomic mass is 16.3. The van der Waals surface area contributed by atoms with Gasteiger partial charge in [-0.05, 0) is 46.8 Å². The second-order valence-corrected chi connectivity index (χ2v) is 9.02. The fourth-order valence-electron chi connectivity index (χ4n) is 3.76. The standard InChI is InChI=1S/C19H32O/c1-13-10-11-14(20)16(15(13)18(5,6)7)19(8,9)12-17(2,3)4/h10-11,20H,12H2,1-9H3. The number of phenolic OH excluding ortho intramolecular Hbond substituents is 1. The summed E-state index contributed by atoms with van der Waals surface area (Å²) in [4.78, 5) is 0. The van der Waals surface area contributed by atoms with Crippen molar-refractivity contribution in [2.45, 2.75) is 79.6 Å². The highest BCUT2D eigenvalue weighted by Gasteiger charge is 2.35. The van der Waals surface area contributed by atoms with Gasteiger partial charge < -0.3 is 5.11 Å². The van der Waals surface area contributed by atoms with E-state index in [1.54, 1.807) is 0 Å². The van der Waals surface area contributed by atoms with Gasteiger partial charge in [0.2, 0.25) is 0 Å². The van der Waals surface area contributed by atoms with Gasteiger partial charge in [0.1, 0.15) is 5.75 Å². The number of rotatable bonds is 2. The monoisotopic (exact) mass is 276 g/mol. The lowest BCUT2D eigenvalue weighted by Gasteiger charge is -2.38. The first kappa shape index (κ1) is 17.1. The molecule has 0 aliphatic rings. The van der Waals surface area contributed by atoms with Crippen molar-refractivity contribution >= 4 is 0 Å². The molecule has 1 heteroatoms. The van der Waals surface area contributed by atoms with E-state index in [4.69, 9.17) is 0 Å². The Morgan fingerprint density at radius 2 is 1.35 bits per heavy atom. The second-order valence-electron chi connectivity index (χ2n) is 9.02. The van der Waals surface area contributed by atoms with Crippen LogP contribution < -0.4 is 0 Å². The molecule has 1 rings (SSSR count). The summed E-state index contributed by atoms with van der Waals surface area (Å²) in [6.07, 6.45) is 1.04. The van der Waals surface area contributed by atoms with Gasteiger partial charge in [0.25, 0.3) is 0 Å². The average Bonchev–Trinajstić information content (AvgIpc) is 2.15. The van der Waals surface area contributed by atoms with Crippen LogP contribution in [0.4, 0.5) is 0 Å². The third-order valence-corrected chi connectivity index (χ3v) is 3.79. The van der Waals surface area contributed by atoms with Crippen LogP contribution in [0.15, 0.2) is 12.1 Å². The van der Waals surface area contributed by atoms with E-state index in [0.29, 0.717) is 5.75 Å². The Bertz CT molecular complexity index is 482. The van der Waals surface area contributed by atoms with Crippen molar-refractivity contribution in [3.63, 3.8) is 0 Å². The van der Waals surface area contributed by atoms with E-state index in [9.17, 15) is 5.11 Å². The molecule has 0 radical (unpaired) electrons. The molecule has 0 fully saturated rings. The molecule has 1 aromatic rings. The number of benzene rings is 1. The number of phenols is 1. The minimum absolute atomic E-state index is 0.0350. The molecule has 0 atom stereocenters. The second kappa shape index (κ2) is 5.09. The van der Waals surface area contributed by atoms with Crippen molar-refractivity contribution in [3.8, 4) is 5.75 Å². The lowest BCUT2D eigenvalue weighted by Crippen LogP contribution is -2.29. The molecular weight excluding hydrogens is 244 g/mol. The summed E-state index contributed by atoms with van der Waals surface area (Å²) in [6, 6.07) is 3.89. The number of hydrogen-bond donors (Lipinski definition) is 1. The SMILES string of the molecule is Cc1ccc(O)c(C(C)(C)CC(C)(C)C)c1C(C)(C)C. The van der Waals surface area contributed by atoms with Crippen LogP contribution in [-0.4, -0.2) is 5.11 Å². The van der Waals surface area contributed by atoms with Crippen LogP contribution in [0.3, 0.4) is 0 Å². The molecule has 0 unspecified atom stereocenters. The summed E-state index contributed by atoms with van der Waals surface area (Å²) in [5.41, 5.74) is 3.91. The van der Waals surface area contributed by atoms with Crippen molar-refractivity contribution in [2.75, 3.05) is 0 Å². The lowest BCUT2D eigenvalue weighted by molar-refractivity contribution is 0.275.